The van der Waals surface area contributed by atoms with E-state index in [1.54, 1.807) is 43.0 Å². The molecule has 2 aromatic rings. The number of nitrogens with zero attached hydrogens (tertiary/aromatic N) is 1. The minimum atomic E-state index is -0.427. The number of hydrogen-bond acceptors (Lipinski definition) is 4. The summed E-state index contributed by atoms with van der Waals surface area (Å²) in [5.74, 6) is -1.03. The van der Waals surface area contributed by atoms with Gasteiger partial charge >= 0.3 is 5.97 Å². The number of benzene rings is 2. The Hall–Kier alpha value is -3.12. The molecule has 192 valence electrons. The van der Waals surface area contributed by atoms with Crippen LogP contribution in [0.2, 0.25) is 5.02 Å². The maximum Gasteiger partial charge on any atom is 0.336 e. The number of allylic oxidation sites excluding steroid dienone is 1. The SMILES string of the molecule is CCCCCCNC(=O)c1ccc(CN2C(=O)CC(c3cccc(Cl)c3)C(C(=O)OCC)=C2C)cc1. The van der Waals surface area contributed by atoms with Crippen molar-refractivity contribution in [3.05, 3.63) is 81.5 Å². The van der Waals surface area contributed by atoms with Gasteiger partial charge in [-0.15, -0.1) is 0 Å². The molecule has 1 atom stereocenters. The lowest BCUT2D eigenvalue weighted by Crippen LogP contribution is -2.38. The molecule has 1 unspecified atom stereocenters. The lowest BCUT2D eigenvalue weighted by Gasteiger charge is -2.34. The largest absolute Gasteiger partial charge is 0.463 e. The highest BCUT2D eigenvalue weighted by Gasteiger charge is 2.37. The normalized spacial score (nSPS) is 15.7. The zero-order valence-electron chi connectivity index (χ0n) is 21.3. The summed E-state index contributed by atoms with van der Waals surface area (Å²) in [4.78, 5) is 40.2. The number of rotatable bonds is 11. The monoisotopic (exact) mass is 510 g/mol. The topological polar surface area (TPSA) is 75.7 Å². The molecule has 3 rings (SSSR count). The van der Waals surface area contributed by atoms with Crippen LogP contribution in [-0.2, 0) is 20.9 Å². The highest BCUT2D eigenvalue weighted by atomic mass is 35.5. The predicted octanol–water partition coefficient (Wildman–Crippen LogP) is 6.00. The summed E-state index contributed by atoms with van der Waals surface area (Å²) in [6.45, 7) is 6.90. The van der Waals surface area contributed by atoms with Crippen molar-refractivity contribution < 1.29 is 19.1 Å². The summed E-state index contributed by atoms with van der Waals surface area (Å²) in [6, 6.07) is 14.5. The number of esters is 1. The second-order valence-electron chi connectivity index (χ2n) is 9.02. The van der Waals surface area contributed by atoms with E-state index in [2.05, 4.69) is 12.2 Å². The molecular formula is C29H35ClN2O4. The Balaban J connectivity index is 1.77. The van der Waals surface area contributed by atoms with Gasteiger partial charge in [0, 0.05) is 35.2 Å². The minimum Gasteiger partial charge on any atom is -0.463 e. The number of amides is 2. The molecule has 0 bridgehead atoms. The maximum absolute atomic E-state index is 13.2. The number of ether oxygens (including phenoxy) is 1. The third-order valence-corrected chi connectivity index (χ3v) is 6.68. The third kappa shape index (κ3) is 6.97. The van der Waals surface area contributed by atoms with E-state index in [1.807, 2.05) is 24.3 Å². The molecule has 6 nitrogen and oxygen atoms in total. The van der Waals surface area contributed by atoms with Gasteiger partial charge in [-0.3, -0.25) is 9.59 Å². The first-order chi connectivity index (χ1) is 17.3. The van der Waals surface area contributed by atoms with Gasteiger partial charge in [0.25, 0.3) is 5.91 Å². The fourth-order valence-corrected chi connectivity index (χ4v) is 4.68. The van der Waals surface area contributed by atoms with Gasteiger partial charge in [-0.2, -0.15) is 0 Å². The Morgan fingerprint density at radius 2 is 1.83 bits per heavy atom. The Morgan fingerprint density at radius 3 is 2.50 bits per heavy atom. The van der Waals surface area contributed by atoms with E-state index >= 15 is 0 Å². The van der Waals surface area contributed by atoms with E-state index in [0.29, 0.717) is 34.9 Å². The smallest absolute Gasteiger partial charge is 0.336 e. The molecule has 0 aromatic heterocycles. The summed E-state index contributed by atoms with van der Waals surface area (Å²) in [6.07, 6.45) is 4.56. The second kappa shape index (κ2) is 13.3. The molecule has 0 saturated heterocycles. The van der Waals surface area contributed by atoms with Crippen molar-refractivity contribution in [2.75, 3.05) is 13.2 Å². The van der Waals surface area contributed by atoms with Crippen LogP contribution in [0.1, 0.15) is 80.3 Å². The Morgan fingerprint density at radius 1 is 1.08 bits per heavy atom. The van der Waals surface area contributed by atoms with Crippen molar-refractivity contribution in [2.24, 2.45) is 0 Å². The first-order valence-corrected chi connectivity index (χ1v) is 13.0. The Kier molecular flexibility index (Phi) is 10.1. The van der Waals surface area contributed by atoms with Gasteiger partial charge < -0.3 is 15.0 Å². The van der Waals surface area contributed by atoms with Crippen LogP contribution in [0.4, 0.5) is 0 Å². The average molecular weight is 511 g/mol. The summed E-state index contributed by atoms with van der Waals surface area (Å²) < 4.78 is 5.35. The van der Waals surface area contributed by atoms with Crippen LogP contribution < -0.4 is 5.32 Å². The van der Waals surface area contributed by atoms with Crippen LogP contribution >= 0.6 is 11.6 Å². The van der Waals surface area contributed by atoms with E-state index in [-0.39, 0.29) is 24.8 Å². The molecule has 1 aliphatic heterocycles. The Labute approximate surface area is 218 Å². The zero-order chi connectivity index (χ0) is 26.1. The fourth-order valence-electron chi connectivity index (χ4n) is 4.48. The van der Waals surface area contributed by atoms with Crippen molar-refractivity contribution in [1.82, 2.24) is 10.2 Å². The number of carbonyl (C=O) groups excluding carboxylic acids is 3. The summed E-state index contributed by atoms with van der Waals surface area (Å²) in [5, 5.41) is 3.51. The third-order valence-electron chi connectivity index (χ3n) is 6.44. The number of unbranched alkanes of at least 4 members (excludes halogenated alkanes) is 3. The zero-order valence-corrected chi connectivity index (χ0v) is 22.1. The Bertz CT molecular complexity index is 1110. The number of halogens is 1. The van der Waals surface area contributed by atoms with Crippen molar-refractivity contribution in [2.45, 2.75) is 65.3 Å². The van der Waals surface area contributed by atoms with Crippen LogP contribution in [0, 0.1) is 0 Å². The van der Waals surface area contributed by atoms with Crippen molar-refractivity contribution >= 4 is 29.4 Å². The molecule has 36 heavy (non-hydrogen) atoms. The van der Waals surface area contributed by atoms with Gasteiger partial charge in [-0.1, -0.05) is 62.1 Å². The molecule has 0 aliphatic carbocycles. The average Bonchev–Trinajstić information content (AvgIpc) is 2.86. The highest BCUT2D eigenvalue weighted by Crippen LogP contribution is 2.38. The second-order valence-corrected chi connectivity index (χ2v) is 9.46. The van der Waals surface area contributed by atoms with Gasteiger partial charge in [0.15, 0.2) is 0 Å². The minimum absolute atomic E-state index is 0.0839. The lowest BCUT2D eigenvalue weighted by molar-refractivity contribution is -0.140. The fraction of sp³-hybridized carbons (Fsp3) is 0.414. The highest BCUT2D eigenvalue weighted by molar-refractivity contribution is 6.30. The molecule has 2 aromatic carbocycles. The van der Waals surface area contributed by atoms with Crippen LogP contribution in [0.15, 0.2) is 59.8 Å². The quantitative estimate of drug-likeness (QED) is 0.297. The van der Waals surface area contributed by atoms with Crippen LogP contribution in [0.3, 0.4) is 0 Å². The van der Waals surface area contributed by atoms with Crippen molar-refractivity contribution in [3.63, 3.8) is 0 Å². The number of carbonyl (C=O) groups is 3. The van der Waals surface area contributed by atoms with E-state index in [1.165, 1.54) is 6.42 Å². The van der Waals surface area contributed by atoms with Gasteiger partial charge in [0.2, 0.25) is 5.91 Å². The molecule has 1 heterocycles. The van der Waals surface area contributed by atoms with Crippen molar-refractivity contribution in [3.8, 4) is 0 Å². The van der Waals surface area contributed by atoms with Crippen molar-refractivity contribution in [1.29, 1.82) is 0 Å². The number of hydrogen-bond donors (Lipinski definition) is 1. The van der Waals surface area contributed by atoms with Gasteiger partial charge in [-0.25, -0.2) is 4.79 Å². The molecule has 1 N–H and O–H groups in total. The van der Waals surface area contributed by atoms with E-state index in [0.717, 1.165) is 30.4 Å². The lowest BCUT2D eigenvalue weighted by atomic mass is 9.83. The van der Waals surface area contributed by atoms with Crippen LogP contribution in [0.5, 0.6) is 0 Å². The summed E-state index contributed by atoms with van der Waals surface area (Å²) in [7, 11) is 0. The predicted molar refractivity (Wildman–Crippen MR) is 142 cm³/mol. The molecule has 0 spiro atoms. The van der Waals surface area contributed by atoms with Crippen LogP contribution in [0.25, 0.3) is 0 Å². The van der Waals surface area contributed by atoms with E-state index < -0.39 is 11.9 Å². The first kappa shape index (κ1) is 27.5. The summed E-state index contributed by atoms with van der Waals surface area (Å²) in [5.41, 5.74) is 3.30. The molecule has 0 fully saturated rings. The van der Waals surface area contributed by atoms with E-state index in [9.17, 15) is 14.4 Å². The van der Waals surface area contributed by atoms with Gasteiger partial charge in [0.05, 0.1) is 18.7 Å². The first-order valence-electron chi connectivity index (χ1n) is 12.7. The van der Waals surface area contributed by atoms with Crippen LogP contribution in [-0.4, -0.2) is 35.8 Å². The summed E-state index contributed by atoms with van der Waals surface area (Å²) >= 11 is 6.19. The number of nitrogens with one attached hydrogen (secondary N) is 1. The molecular weight excluding hydrogens is 476 g/mol. The standard InChI is InChI=1S/C29H35ClN2O4/c1-4-6-7-8-16-31-28(34)22-14-12-21(13-15-22)19-32-20(3)27(29(35)36-5-2)25(18-26(32)33)23-10-9-11-24(30)17-23/h9-15,17,25H,4-8,16,18-19H2,1-3H3,(H,31,34). The molecule has 1 aliphatic rings. The van der Waals surface area contributed by atoms with E-state index in [4.69, 9.17) is 16.3 Å². The molecule has 0 radical (unpaired) electrons. The molecule has 2 amide bonds. The molecule has 7 heteroatoms. The van der Waals surface area contributed by atoms with Gasteiger partial charge in [-0.05, 0) is 55.7 Å². The maximum atomic E-state index is 13.2. The molecule has 0 saturated carbocycles. The van der Waals surface area contributed by atoms with Gasteiger partial charge in [0.1, 0.15) is 0 Å².